The van der Waals surface area contributed by atoms with Gasteiger partial charge in [-0.2, -0.15) is 0 Å². The maximum Gasteiger partial charge on any atom is 0.137 e. The van der Waals surface area contributed by atoms with Crippen molar-refractivity contribution in [1.29, 1.82) is 0 Å². The second kappa shape index (κ2) is 21.5. The molecule has 0 aliphatic carbocycles. The minimum Gasteiger partial charge on any atom is -0.457 e. The van der Waals surface area contributed by atoms with Crippen molar-refractivity contribution in [2.24, 2.45) is 0 Å². The SMILES string of the molecule is CC(C)c1cccc(C(C)C)c1-c1cc(Oc2ccc3c4cc(C(C)(C)c5ccccc5)ccc4n(-c4cc(C(C)(C)C)ccn4)c3c2)cc(N2CN(c3cc(C(C)(C)c4ccccc4)cc(C(C)(C)c4ccccc4)c3)c3ccccc32)c1. The first-order valence-electron chi connectivity index (χ1n) is 30.2. The fourth-order valence-electron chi connectivity index (χ4n) is 12.9. The Bertz CT molecular complexity index is 4120. The lowest BCUT2D eigenvalue weighted by atomic mass is 9.73. The third-order valence-electron chi connectivity index (χ3n) is 18.3. The van der Waals surface area contributed by atoms with E-state index in [4.69, 9.17) is 9.72 Å². The molecule has 0 N–H and O–H groups in total. The molecule has 1 aliphatic heterocycles. The second-order valence-corrected chi connectivity index (χ2v) is 26.6. The van der Waals surface area contributed by atoms with E-state index in [9.17, 15) is 0 Å². The molecule has 84 heavy (non-hydrogen) atoms. The molecule has 422 valence electrons. The summed E-state index contributed by atoms with van der Waals surface area (Å²) in [5.74, 6) is 3.00. The molecule has 5 nitrogen and oxygen atoms in total. The van der Waals surface area contributed by atoms with E-state index in [2.05, 4.69) is 323 Å². The molecule has 0 spiro atoms. The van der Waals surface area contributed by atoms with Crippen LogP contribution in [0.5, 0.6) is 11.5 Å². The molecule has 0 saturated carbocycles. The molecule has 3 heterocycles. The Morgan fingerprint density at radius 1 is 0.393 bits per heavy atom. The van der Waals surface area contributed by atoms with Gasteiger partial charge in [0.25, 0.3) is 0 Å². The normalized spacial score (nSPS) is 13.2. The van der Waals surface area contributed by atoms with Crippen LogP contribution in [0.1, 0.15) is 152 Å². The lowest BCUT2D eigenvalue weighted by Crippen LogP contribution is -2.27. The number of pyridine rings is 1. The highest BCUT2D eigenvalue weighted by molar-refractivity contribution is 6.10. The number of benzene rings is 9. The van der Waals surface area contributed by atoms with Gasteiger partial charge in [-0.15, -0.1) is 0 Å². The van der Waals surface area contributed by atoms with Crippen LogP contribution < -0.4 is 14.5 Å². The average molecular weight is 1100 g/mol. The van der Waals surface area contributed by atoms with Crippen molar-refractivity contribution >= 4 is 44.6 Å². The van der Waals surface area contributed by atoms with Gasteiger partial charge < -0.3 is 14.5 Å². The molecular weight excluding hydrogens is 1020 g/mol. The van der Waals surface area contributed by atoms with Crippen LogP contribution in [-0.2, 0) is 21.7 Å². The summed E-state index contributed by atoms with van der Waals surface area (Å²) in [6, 6.07) is 80.8. The summed E-state index contributed by atoms with van der Waals surface area (Å²) in [6.45, 7) is 30.7. The van der Waals surface area contributed by atoms with Crippen LogP contribution in [0.3, 0.4) is 0 Å². The standard InChI is InChI=1S/C79H80N4O/c1-52(2)66-32-25-33-67(53(3)4)75(66)54-42-62(81-51-82(72-35-24-23-34-71(72)81)63-45-60(78(10,11)56-28-19-15-20-29-56)44-61(46-63)79(12,13)57-30-21-16-22-31-57)49-65(43-54)84-64-37-38-68-69-47-59(77(8,9)55-26-17-14-18-27-55)36-39-70(69)83(73(68)50-64)74-48-58(40-41-80-74)76(5,6)7/h14-50,52-53H,51H2,1-13H3. The molecule has 5 heteroatoms. The van der Waals surface area contributed by atoms with Gasteiger partial charge in [-0.25, -0.2) is 4.98 Å². The van der Waals surface area contributed by atoms with Gasteiger partial charge >= 0.3 is 0 Å². The van der Waals surface area contributed by atoms with Gasteiger partial charge in [0.2, 0.25) is 0 Å². The van der Waals surface area contributed by atoms with Crippen LogP contribution in [0.25, 0.3) is 38.8 Å². The van der Waals surface area contributed by atoms with Gasteiger partial charge in [-0.05, 0) is 151 Å². The van der Waals surface area contributed by atoms with Crippen molar-refractivity contribution in [3.05, 3.63) is 275 Å². The fourth-order valence-corrected chi connectivity index (χ4v) is 12.9. The Kier molecular flexibility index (Phi) is 14.3. The maximum absolute atomic E-state index is 7.37. The van der Waals surface area contributed by atoms with Crippen molar-refractivity contribution in [3.8, 4) is 28.4 Å². The van der Waals surface area contributed by atoms with Gasteiger partial charge in [0, 0.05) is 56.7 Å². The summed E-state index contributed by atoms with van der Waals surface area (Å²) >= 11 is 0. The Balaban J connectivity index is 1.02. The van der Waals surface area contributed by atoms with Crippen molar-refractivity contribution in [3.63, 3.8) is 0 Å². The van der Waals surface area contributed by atoms with E-state index in [1.165, 1.54) is 61.0 Å². The zero-order valence-electron chi connectivity index (χ0n) is 51.4. The number of aromatic nitrogens is 2. The summed E-state index contributed by atoms with van der Waals surface area (Å²) in [5, 5.41) is 2.33. The monoisotopic (exact) mass is 1100 g/mol. The summed E-state index contributed by atoms with van der Waals surface area (Å²) in [6.07, 6.45) is 1.96. The molecule has 11 aromatic rings. The fraction of sp³-hybridized carbons (Fsp3) is 0.253. The zero-order chi connectivity index (χ0) is 58.9. The van der Waals surface area contributed by atoms with E-state index in [0.717, 1.165) is 62.0 Å². The second-order valence-electron chi connectivity index (χ2n) is 26.6. The van der Waals surface area contributed by atoms with E-state index in [1.807, 2.05) is 6.20 Å². The largest absolute Gasteiger partial charge is 0.457 e. The Labute approximate surface area is 499 Å². The van der Waals surface area contributed by atoms with Gasteiger partial charge in [-0.3, -0.25) is 4.57 Å². The quantitative estimate of drug-likeness (QED) is 0.109. The lowest BCUT2D eigenvalue weighted by molar-refractivity contribution is 0.483. The average Bonchev–Trinajstić information content (AvgIpc) is 2.60. The van der Waals surface area contributed by atoms with E-state index >= 15 is 0 Å². The predicted molar refractivity (Wildman–Crippen MR) is 355 cm³/mol. The minimum atomic E-state index is -0.275. The van der Waals surface area contributed by atoms with E-state index in [0.29, 0.717) is 18.5 Å². The molecule has 0 amide bonds. The Morgan fingerprint density at radius 2 is 0.917 bits per heavy atom. The van der Waals surface area contributed by atoms with Crippen LogP contribution in [0.4, 0.5) is 22.7 Å². The van der Waals surface area contributed by atoms with E-state index in [1.54, 1.807) is 0 Å². The van der Waals surface area contributed by atoms with Gasteiger partial charge in [0.15, 0.2) is 0 Å². The van der Waals surface area contributed by atoms with Crippen molar-refractivity contribution < 1.29 is 4.74 Å². The molecule has 0 atom stereocenters. The number of hydrogen-bond acceptors (Lipinski definition) is 4. The van der Waals surface area contributed by atoms with Crippen LogP contribution in [0.15, 0.2) is 225 Å². The minimum absolute atomic E-state index is 0.0671. The molecular formula is C79H80N4O. The molecule has 0 radical (unpaired) electrons. The van der Waals surface area contributed by atoms with E-state index < -0.39 is 0 Å². The van der Waals surface area contributed by atoms with Crippen molar-refractivity contribution in [1.82, 2.24) is 9.55 Å². The van der Waals surface area contributed by atoms with Crippen molar-refractivity contribution in [2.75, 3.05) is 16.5 Å². The third kappa shape index (κ3) is 10.2. The third-order valence-corrected chi connectivity index (χ3v) is 18.3. The Hall–Kier alpha value is -8.67. The number of fused-ring (bicyclic) bond motifs is 4. The predicted octanol–water partition coefficient (Wildman–Crippen LogP) is 21.4. The number of anilines is 4. The van der Waals surface area contributed by atoms with Crippen LogP contribution >= 0.6 is 0 Å². The number of hydrogen-bond donors (Lipinski definition) is 0. The number of nitrogens with zero attached hydrogens (tertiary/aromatic N) is 4. The topological polar surface area (TPSA) is 33.5 Å². The molecule has 0 bridgehead atoms. The highest BCUT2D eigenvalue weighted by Crippen LogP contribution is 2.50. The summed E-state index contributed by atoms with van der Waals surface area (Å²) < 4.78 is 9.70. The van der Waals surface area contributed by atoms with Gasteiger partial charge in [-0.1, -0.05) is 223 Å². The first-order chi connectivity index (χ1) is 40.2. The molecule has 1 aliphatic rings. The summed E-state index contributed by atoms with van der Waals surface area (Å²) in [4.78, 5) is 10.1. The highest BCUT2D eigenvalue weighted by Gasteiger charge is 2.34. The molecule has 2 aromatic heterocycles. The molecule has 0 fully saturated rings. The molecule has 0 saturated heterocycles. The summed E-state index contributed by atoms with van der Waals surface area (Å²) in [7, 11) is 0. The first-order valence-corrected chi connectivity index (χ1v) is 30.2. The maximum atomic E-state index is 7.37. The highest BCUT2D eigenvalue weighted by atomic mass is 16.5. The smallest absolute Gasteiger partial charge is 0.137 e. The van der Waals surface area contributed by atoms with Crippen LogP contribution in [-0.4, -0.2) is 16.2 Å². The van der Waals surface area contributed by atoms with Crippen LogP contribution in [0, 0.1) is 0 Å². The molecule has 9 aromatic carbocycles. The first kappa shape index (κ1) is 55.8. The molecule has 12 rings (SSSR count). The number of para-hydroxylation sites is 2. The Morgan fingerprint density at radius 3 is 1.45 bits per heavy atom. The number of ether oxygens (including phenoxy) is 1. The molecule has 0 unspecified atom stereocenters. The lowest BCUT2D eigenvalue weighted by Gasteiger charge is -2.33. The zero-order valence-corrected chi connectivity index (χ0v) is 51.4. The number of rotatable bonds is 14. The summed E-state index contributed by atoms with van der Waals surface area (Å²) in [5.41, 5.74) is 19.8. The van der Waals surface area contributed by atoms with Gasteiger partial charge in [0.05, 0.1) is 22.4 Å². The van der Waals surface area contributed by atoms with Crippen LogP contribution in [0.2, 0.25) is 0 Å². The van der Waals surface area contributed by atoms with Gasteiger partial charge in [0.1, 0.15) is 24.0 Å². The van der Waals surface area contributed by atoms with Crippen molar-refractivity contribution in [2.45, 2.75) is 124 Å². The van der Waals surface area contributed by atoms with E-state index in [-0.39, 0.29) is 21.7 Å².